The molecule has 0 aliphatic rings. The fourth-order valence-electron chi connectivity index (χ4n) is 2.51. The number of aryl methyl sites for hydroxylation is 1. The van der Waals surface area contributed by atoms with Gasteiger partial charge in [0.25, 0.3) is 10.0 Å². The molecule has 25 heavy (non-hydrogen) atoms. The Kier molecular flexibility index (Phi) is 4.59. The van der Waals surface area contributed by atoms with Crippen LogP contribution in [0, 0.1) is 12.7 Å². The second kappa shape index (κ2) is 6.68. The average molecular weight is 360 g/mol. The monoisotopic (exact) mass is 360 g/mol. The van der Waals surface area contributed by atoms with E-state index >= 15 is 0 Å². The minimum atomic E-state index is -3.91. The molecule has 0 unspecified atom stereocenters. The first-order chi connectivity index (χ1) is 11.9. The molecule has 0 spiro atoms. The van der Waals surface area contributed by atoms with Crippen LogP contribution in [0.25, 0.3) is 10.9 Å². The first-order valence-electron chi connectivity index (χ1n) is 7.71. The van der Waals surface area contributed by atoms with Crippen molar-refractivity contribution in [1.82, 2.24) is 4.98 Å². The maximum Gasteiger partial charge on any atom is 0.264 e. The smallest absolute Gasteiger partial charge is 0.264 e. The number of hydrogen-bond donors (Lipinski definition) is 1. The maximum atomic E-state index is 13.9. The molecule has 0 bridgehead atoms. The number of para-hydroxylation sites is 1. The number of ether oxygens (including phenoxy) is 1. The lowest BCUT2D eigenvalue weighted by molar-refractivity contribution is 0.321. The number of halogens is 1. The van der Waals surface area contributed by atoms with Crippen molar-refractivity contribution in [2.75, 3.05) is 11.3 Å². The Labute approximate surface area is 145 Å². The number of nitrogens with zero attached hydrogens (tertiary/aromatic N) is 1. The van der Waals surface area contributed by atoms with Crippen LogP contribution >= 0.6 is 0 Å². The molecule has 130 valence electrons. The lowest BCUT2D eigenvalue weighted by Gasteiger charge is -2.11. The molecule has 1 heterocycles. The number of pyridine rings is 1. The van der Waals surface area contributed by atoms with Gasteiger partial charge in [0.15, 0.2) is 11.6 Å². The van der Waals surface area contributed by atoms with Gasteiger partial charge in [-0.25, -0.2) is 12.8 Å². The predicted molar refractivity (Wildman–Crippen MR) is 94.9 cm³/mol. The molecule has 0 saturated heterocycles. The Morgan fingerprint density at radius 3 is 2.72 bits per heavy atom. The quantitative estimate of drug-likeness (QED) is 0.750. The van der Waals surface area contributed by atoms with E-state index in [-0.39, 0.29) is 16.3 Å². The molecule has 0 atom stereocenters. The van der Waals surface area contributed by atoms with Crippen LogP contribution in [0.5, 0.6) is 5.75 Å². The van der Waals surface area contributed by atoms with Gasteiger partial charge in [-0.1, -0.05) is 12.1 Å². The normalized spacial score (nSPS) is 11.5. The minimum Gasteiger partial charge on any atom is -0.491 e. The van der Waals surface area contributed by atoms with E-state index in [4.69, 9.17) is 4.74 Å². The van der Waals surface area contributed by atoms with Gasteiger partial charge in [0, 0.05) is 17.6 Å². The van der Waals surface area contributed by atoms with Crippen LogP contribution in [0.3, 0.4) is 0 Å². The first-order valence-corrected chi connectivity index (χ1v) is 9.19. The van der Waals surface area contributed by atoms with Gasteiger partial charge in [-0.2, -0.15) is 0 Å². The molecule has 2 aromatic carbocycles. The molecule has 1 N–H and O–H groups in total. The maximum absolute atomic E-state index is 13.9. The summed E-state index contributed by atoms with van der Waals surface area (Å²) in [7, 11) is -3.91. The summed E-state index contributed by atoms with van der Waals surface area (Å²) in [5.41, 5.74) is 1.42. The Bertz CT molecular complexity index is 1040. The number of sulfonamides is 1. The molecule has 0 amide bonds. The fourth-order valence-corrected chi connectivity index (χ4v) is 3.74. The van der Waals surface area contributed by atoms with Gasteiger partial charge in [0.05, 0.1) is 17.8 Å². The molecule has 0 radical (unpaired) electrons. The van der Waals surface area contributed by atoms with E-state index in [1.54, 1.807) is 25.3 Å². The number of benzene rings is 2. The van der Waals surface area contributed by atoms with Crippen molar-refractivity contribution >= 4 is 26.6 Å². The van der Waals surface area contributed by atoms with E-state index in [2.05, 4.69) is 9.71 Å². The molecule has 0 aliphatic heterocycles. The van der Waals surface area contributed by atoms with E-state index in [0.29, 0.717) is 12.1 Å². The van der Waals surface area contributed by atoms with Gasteiger partial charge in [-0.15, -0.1) is 0 Å². The highest BCUT2D eigenvalue weighted by atomic mass is 32.2. The van der Waals surface area contributed by atoms with Gasteiger partial charge < -0.3 is 4.74 Å². The zero-order valence-corrected chi connectivity index (χ0v) is 14.6. The average Bonchev–Trinajstić information content (AvgIpc) is 2.56. The molecule has 0 saturated carbocycles. The van der Waals surface area contributed by atoms with Crippen LogP contribution in [0.15, 0.2) is 53.6 Å². The summed E-state index contributed by atoms with van der Waals surface area (Å²) in [4.78, 5) is 4.27. The van der Waals surface area contributed by atoms with Crippen molar-refractivity contribution < 1.29 is 17.5 Å². The third-order valence-corrected chi connectivity index (χ3v) is 5.00. The molecule has 7 heteroatoms. The van der Waals surface area contributed by atoms with Crippen LogP contribution in [-0.2, 0) is 10.0 Å². The summed E-state index contributed by atoms with van der Waals surface area (Å²) in [6.07, 6.45) is 1.61. The molecule has 3 rings (SSSR count). The number of fused-ring (bicyclic) bond motifs is 1. The standard InChI is InChI=1S/C18H17FN2O3S/c1-3-24-16-8-7-14(10-15(16)19)21-25(22,23)17-6-4-5-13-9-12(2)11-20-18(13)17/h4-11,21H,3H2,1-2H3. The Hall–Kier alpha value is -2.67. The Morgan fingerprint density at radius 2 is 2.00 bits per heavy atom. The zero-order valence-electron chi connectivity index (χ0n) is 13.8. The van der Waals surface area contributed by atoms with Gasteiger partial charge in [-0.3, -0.25) is 9.71 Å². The zero-order chi connectivity index (χ0) is 18.0. The lowest BCUT2D eigenvalue weighted by Crippen LogP contribution is -2.14. The van der Waals surface area contributed by atoms with Crippen molar-refractivity contribution in [3.63, 3.8) is 0 Å². The highest BCUT2D eigenvalue weighted by Crippen LogP contribution is 2.26. The summed E-state index contributed by atoms with van der Waals surface area (Å²) in [6.45, 7) is 3.95. The van der Waals surface area contributed by atoms with Crippen molar-refractivity contribution in [2.45, 2.75) is 18.7 Å². The Balaban J connectivity index is 1.99. The van der Waals surface area contributed by atoms with E-state index < -0.39 is 15.8 Å². The second-order valence-electron chi connectivity index (χ2n) is 5.52. The van der Waals surface area contributed by atoms with Crippen molar-refractivity contribution in [2.24, 2.45) is 0 Å². The number of hydrogen-bond acceptors (Lipinski definition) is 4. The van der Waals surface area contributed by atoms with Crippen LogP contribution < -0.4 is 9.46 Å². The van der Waals surface area contributed by atoms with Crippen molar-refractivity contribution in [3.05, 3.63) is 60.0 Å². The van der Waals surface area contributed by atoms with E-state index in [0.717, 1.165) is 17.0 Å². The topological polar surface area (TPSA) is 68.3 Å². The van der Waals surface area contributed by atoms with Crippen molar-refractivity contribution in [3.8, 4) is 5.75 Å². The summed E-state index contributed by atoms with van der Waals surface area (Å²) >= 11 is 0. The highest BCUT2D eigenvalue weighted by molar-refractivity contribution is 7.93. The van der Waals surface area contributed by atoms with Crippen LogP contribution in [0.4, 0.5) is 10.1 Å². The first kappa shape index (κ1) is 17.2. The summed E-state index contributed by atoms with van der Waals surface area (Å²) < 4.78 is 46.9. The number of nitrogens with one attached hydrogen (secondary N) is 1. The largest absolute Gasteiger partial charge is 0.491 e. The number of rotatable bonds is 5. The lowest BCUT2D eigenvalue weighted by atomic mass is 10.2. The highest BCUT2D eigenvalue weighted by Gasteiger charge is 2.19. The molecule has 5 nitrogen and oxygen atoms in total. The SMILES string of the molecule is CCOc1ccc(NS(=O)(=O)c2cccc3cc(C)cnc23)cc1F. The van der Waals surface area contributed by atoms with Crippen LogP contribution in [0.1, 0.15) is 12.5 Å². The summed E-state index contributed by atoms with van der Waals surface area (Å²) in [5, 5.41) is 0.723. The molecular formula is C18H17FN2O3S. The van der Waals surface area contributed by atoms with Crippen LogP contribution in [-0.4, -0.2) is 20.0 Å². The predicted octanol–water partition coefficient (Wildman–Crippen LogP) is 3.88. The number of aromatic nitrogens is 1. The Morgan fingerprint density at radius 1 is 1.20 bits per heavy atom. The third-order valence-electron chi connectivity index (χ3n) is 3.58. The molecule has 0 fully saturated rings. The van der Waals surface area contributed by atoms with E-state index in [1.807, 2.05) is 13.0 Å². The molecule has 3 aromatic rings. The molecule has 0 aliphatic carbocycles. The summed E-state index contributed by atoms with van der Waals surface area (Å²) in [5.74, 6) is -0.554. The van der Waals surface area contributed by atoms with E-state index in [1.165, 1.54) is 18.2 Å². The third kappa shape index (κ3) is 3.56. The van der Waals surface area contributed by atoms with Gasteiger partial charge in [0.2, 0.25) is 0 Å². The molecular weight excluding hydrogens is 343 g/mol. The van der Waals surface area contributed by atoms with Gasteiger partial charge in [0.1, 0.15) is 4.90 Å². The second-order valence-corrected chi connectivity index (χ2v) is 7.18. The summed E-state index contributed by atoms with van der Waals surface area (Å²) in [6, 6.07) is 10.7. The fraction of sp³-hybridized carbons (Fsp3) is 0.167. The van der Waals surface area contributed by atoms with Crippen LogP contribution in [0.2, 0.25) is 0 Å². The van der Waals surface area contributed by atoms with E-state index in [9.17, 15) is 12.8 Å². The number of anilines is 1. The minimum absolute atomic E-state index is 0.0410. The van der Waals surface area contributed by atoms with Crippen molar-refractivity contribution in [1.29, 1.82) is 0 Å². The van der Waals surface area contributed by atoms with Gasteiger partial charge >= 0.3 is 0 Å². The van der Waals surface area contributed by atoms with Gasteiger partial charge in [-0.05, 0) is 43.7 Å². The molecule has 1 aromatic heterocycles.